The van der Waals surface area contributed by atoms with E-state index >= 15 is 0 Å². The van der Waals surface area contributed by atoms with Gasteiger partial charge in [-0.2, -0.15) is 0 Å². The third-order valence-electron chi connectivity index (χ3n) is 5.32. The summed E-state index contributed by atoms with van der Waals surface area (Å²) in [6, 6.07) is 9.63. The summed E-state index contributed by atoms with van der Waals surface area (Å²) < 4.78 is 33.8. The number of esters is 2. The van der Waals surface area contributed by atoms with Gasteiger partial charge in [-0.1, -0.05) is 50.1 Å². The van der Waals surface area contributed by atoms with Crippen molar-refractivity contribution in [1.29, 1.82) is 0 Å². The molecule has 0 spiro atoms. The first-order chi connectivity index (χ1) is 17.5. The van der Waals surface area contributed by atoms with E-state index in [1.807, 2.05) is 37.3 Å². The van der Waals surface area contributed by atoms with E-state index in [0.29, 0.717) is 24.4 Å². The van der Waals surface area contributed by atoms with Crippen molar-refractivity contribution in [3.63, 3.8) is 0 Å². The summed E-state index contributed by atoms with van der Waals surface area (Å²) in [6.45, 7) is 19.2. The van der Waals surface area contributed by atoms with Crippen LogP contribution in [-0.4, -0.2) is 57.4 Å². The molecule has 0 aliphatic carbocycles. The lowest BCUT2D eigenvalue weighted by Gasteiger charge is -2.30. The van der Waals surface area contributed by atoms with Crippen molar-refractivity contribution in [3.8, 4) is 0 Å². The van der Waals surface area contributed by atoms with E-state index in [1.54, 1.807) is 26.8 Å². The highest BCUT2D eigenvalue weighted by molar-refractivity contribution is 5.87. The van der Waals surface area contributed by atoms with E-state index < -0.39 is 23.5 Å². The van der Waals surface area contributed by atoms with E-state index in [9.17, 15) is 9.59 Å². The van der Waals surface area contributed by atoms with Gasteiger partial charge in [-0.25, -0.2) is 9.59 Å². The minimum absolute atomic E-state index is 0.106. The van der Waals surface area contributed by atoms with Crippen LogP contribution in [0.1, 0.15) is 52.5 Å². The molecule has 0 fully saturated rings. The molecule has 0 bridgehead atoms. The summed E-state index contributed by atoms with van der Waals surface area (Å²) in [4.78, 5) is 23.0. The summed E-state index contributed by atoms with van der Waals surface area (Å²) in [5.74, 6) is -2.85. The van der Waals surface area contributed by atoms with E-state index in [1.165, 1.54) is 0 Å². The van der Waals surface area contributed by atoms with Gasteiger partial charge in [0.1, 0.15) is 13.2 Å². The van der Waals surface area contributed by atoms with Crippen LogP contribution in [0.2, 0.25) is 0 Å². The maximum Gasteiger partial charge on any atom is 0.333 e. The summed E-state index contributed by atoms with van der Waals surface area (Å²) in [6.07, 6.45) is 4.03. The van der Waals surface area contributed by atoms with Crippen LogP contribution < -0.4 is 0 Å². The molecular formula is C29H42O8. The molecule has 0 aliphatic heterocycles. The molecule has 0 aromatic heterocycles. The van der Waals surface area contributed by atoms with Gasteiger partial charge in [0, 0.05) is 16.7 Å². The number of hydrogen-bond donors (Lipinski definition) is 0. The average Bonchev–Trinajstić information content (AvgIpc) is 2.88. The Morgan fingerprint density at radius 3 is 1.70 bits per heavy atom. The number of ether oxygens (including phenoxy) is 6. The predicted octanol–water partition coefficient (Wildman–Crippen LogP) is 5.24. The number of rotatable bonds is 20. The van der Waals surface area contributed by atoms with Crippen molar-refractivity contribution in [2.75, 3.05) is 39.6 Å². The van der Waals surface area contributed by atoms with Crippen molar-refractivity contribution in [2.45, 2.75) is 58.5 Å². The Morgan fingerprint density at radius 1 is 0.730 bits per heavy atom. The first-order valence-electron chi connectivity index (χ1n) is 12.4. The lowest BCUT2D eigenvalue weighted by Crippen LogP contribution is -2.32. The minimum atomic E-state index is -0.976. The van der Waals surface area contributed by atoms with Gasteiger partial charge >= 0.3 is 11.9 Å². The van der Waals surface area contributed by atoms with E-state index in [0.717, 1.165) is 24.8 Å². The van der Waals surface area contributed by atoms with Crippen LogP contribution in [0.5, 0.6) is 0 Å². The summed E-state index contributed by atoms with van der Waals surface area (Å²) >= 11 is 0. The second-order valence-electron chi connectivity index (χ2n) is 8.82. The molecule has 0 aliphatic rings. The Hall–Kier alpha value is -2.78. The zero-order valence-corrected chi connectivity index (χ0v) is 22.7. The third kappa shape index (κ3) is 12.8. The SMILES string of the molecule is C=CC(C)(OCCCCCOC(C)(OCCOC(=O)C(=C)C)c1ccccc1)OCCOC(=O)C(=C)C. The highest BCUT2D eigenvalue weighted by Gasteiger charge is 2.28. The predicted molar refractivity (Wildman–Crippen MR) is 142 cm³/mol. The lowest BCUT2D eigenvalue weighted by molar-refractivity contribution is -0.239. The Balaban J connectivity index is 2.39. The first kappa shape index (κ1) is 32.2. The monoisotopic (exact) mass is 518 g/mol. The van der Waals surface area contributed by atoms with Crippen molar-refractivity contribution in [2.24, 2.45) is 0 Å². The summed E-state index contributed by atoms with van der Waals surface area (Å²) in [7, 11) is 0. The molecule has 0 radical (unpaired) electrons. The molecule has 0 saturated heterocycles. The highest BCUT2D eigenvalue weighted by Crippen LogP contribution is 2.27. The highest BCUT2D eigenvalue weighted by atomic mass is 16.7. The van der Waals surface area contributed by atoms with Gasteiger partial charge in [0.2, 0.25) is 0 Å². The average molecular weight is 519 g/mol. The number of unbranched alkanes of at least 4 members (excludes halogenated alkanes) is 2. The molecular weight excluding hydrogens is 476 g/mol. The van der Waals surface area contributed by atoms with Crippen molar-refractivity contribution < 1.29 is 38.0 Å². The summed E-state index contributed by atoms with van der Waals surface area (Å²) in [5, 5.41) is 0. The molecule has 1 aromatic rings. The fourth-order valence-electron chi connectivity index (χ4n) is 3.03. The molecule has 1 aromatic carbocycles. The van der Waals surface area contributed by atoms with Crippen molar-refractivity contribution >= 4 is 11.9 Å². The van der Waals surface area contributed by atoms with E-state index in [-0.39, 0.29) is 26.4 Å². The van der Waals surface area contributed by atoms with Crippen molar-refractivity contribution in [3.05, 3.63) is 72.9 Å². The second kappa shape index (κ2) is 16.9. The lowest BCUT2D eigenvalue weighted by atomic mass is 10.1. The Labute approximate surface area is 221 Å². The first-order valence-corrected chi connectivity index (χ1v) is 12.4. The molecule has 8 heteroatoms. The second-order valence-corrected chi connectivity index (χ2v) is 8.82. The smallest absolute Gasteiger partial charge is 0.333 e. The number of carbonyl (C=O) groups excluding carboxylic acids is 2. The molecule has 0 amide bonds. The van der Waals surface area contributed by atoms with Crippen molar-refractivity contribution in [1.82, 2.24) is 0 Å². The molecule has 2 atom stereocenters. The Kier molecular flexibility index (Phi) is 14.7. The number of benzene rings is 1. The van der Waals surface area contributed by atoms with Gasteiger partial charge in [-0.05, 0) is 53.0 Å². The van der Waals surface area contributed by atoms with Crippen LogP contribution in [0, 0.1) is 0 Å². The van der Waals surface area contributed by atoms with Crippen LogP contribution in [0.25, 0.3) is 0 Å². The van der Waals surface area contributed by atoms with Gasteiger partial charge in [0.05, 0.1) is 26.4 Å². The van der Waals surface area contributed by atoms with Crippen LogP contribution in [0.15, 0.2) is 67.3 Å². The normalized spacial score (nSPS) is 14.2. The molecule has 0 N–H and O–H groups in total. The van der Waals surface area contributed by atoms with Gasteiger partial charge in [0.25, 0.3) is 0 Å². The third-order valence-corrected chi connectivity index (χ3v) is 5.32. The fraction of sp³-hybridized carbons (Fsp3) is 0.517. The number of carbonyl (C=O) groups is 2. The van der Waals surface area contributed by atoms with E-state index in [4.69, 9.17) is 28.4 Å². The zero-order chi connectivity index (χ0) is 27.7. The molecule has 0 saturated carbocycles. The van der Waals surface area contributed by atoms with Crippen LogP contribution >= 0.6 is 0 Å². The molecule has 1 rings (SSSR count). The standard InChI is InChI=1S/C29H42O8/c1-8-28(6,35-21-19-32-26(30)23(2)3)34-17-13-10-14-18-36-29(7,25-15-11-9-12-16-25)37-22-20-33-27(31)24(4)5/h8-9,11-12,15-16H,1-2,4,10,13-14,17-22H2,3,5-7H3. The maximum absolute atomic E-state index is 11.6. The quantitative estimate of drug-likeness (QED) is 0.0762. The Bertz CT molecular complexity index is 881. The van der Waals surface area contributed by atoms with Crippen LogP contribution in [-0.2, 0) is 43.8 Å². The molecule has 206 valence electrons. The van der Waals surface area contributed by atoms with Gasteiger partial charge in [0.15, 0.2) is 11.6 Å². The topological polar surface area (TPSA) is 89.5 Å². The molecule has 2 unspecified atom stereocenters. The largest absolute Gasteiger partial charge is 0.460 e. The van der Waals surface area contributed by atoms with Gasteiger partial charge in [-0.15, -0.1) is 0 Å². The minimum Gasteiger partial charge on any atom is -0.460 e. The van der Waals surface area contributed by atoms with Gasteiger partial charge < -0.3 is 28.4 Å². The fourth-order valence-corrected chi connectivity index (χ4v) is 3.03. The maximum atomic E-state index is 11.6. The molecule has 8 nitrogen and oxygen atoms in total. The van der Waals surface area contributed by atoms with Crippen LogP contribution in [0.3, 0.4) is 0 Å². The van der Waals surface area contributed by atoms with Crippen LogP contribution in [0.4, 0.5) is 0 Å². The molecule has 0 heterocycles. The van der Waals surface area contributed by atoms with Gasteiger partial charge in [-0.3, -0.25) is 0 Å². The summed E-state index contributed by atoms with van der Waals surface area (Å²) in [5.41, 5.74) is 1.55. The van der Waals surface area contributed by atoms with E-state index in [2.05, 4.69) is 19.7 Å². The number of hydrogen-bond acceptors (Lipinski definition) is 8. The molecule has 37 heavy (non-hydrogen) atoms. The Morgan fingerprint density at radius 2 is 1.19 bits per heavy atom. The zero-order valence-electron chi connectivity index (χ0n) is 22.7.